The van der Waals surface area contributed by atoms with Crippen molar-refractivity contribution in [1.82, 2.24) is 29.4 Å². The van der Waals surface area contributed by atoms with E-state index in [4.69, 9.17) is 0 Å². The van der Waals surface area contributed by atoms with Gasteiger partial charge in [-0.1, -0.05) is 18.2 Å². The zero-order chi connectivity index (χ0) is 25.4. The van der Waals surface area contributed by atoms with Crippen molar-refractivity contribution in [3.05, 3.63) is 75.3 Å². The van der Waals surface area contributed by atoms with Crippen molar-refractivity contribution in [2.75, 3.05) is 18.4 Å². The topological polar surface area (TPSA) is 97.9 Å². The Morgan fingerprint density at radius 3 is 2.44 bits per heavy atom. The van der Waals surface area contributed by atoms with Gasteiger partial charge in [0.1, 0.15) is 5.69 Å². The van der Waals surface area contributed by atoms with Gasteiger partial charge in [-0.05, 0) is 45.7 Å². The standard InChI is InChI=1S/C26H29N7O2S/c1-16-23(18(3)31(4)30-16)29-24(34)22-15-36-25(28-22)19-10-12-32(13-11-19)26(35)21-14-27-33(17(21)2)20-8-6-5-7-9-20/h5-9,14-15,19H,10-13H2,1-4H3,(H,29,34). The van der Waals surface area contributed by atoms with Crippen LogP contribution in [0.2, 0.25) is 0 Å². The fourth-order valence-electron chi connectivity index (χ4n) is 4.66. The van der Waals surface area contributed by atoms with E-state index in [9.17, 15) is 9.59 Å². The molecule has 4 heterocycles. The van der Waals surface area contributed by atoms with Crippen LogP contribution in [-0.4, -0.2) is 54.3 Å². The lowest BCUT2D eigenvalue weighted by Crippen LogP contribution is -2.38. The van der Waals surface area contributed by atoms with Crippen LogP contribution in [0.5, 0.6) is 0 Å². The number of nitrogens with one attached hydrogen (secondary N) is 1. The number of nitrogens with zero attached hydrogens (tertiary/aromatic N) is 6. The molecule has 0 atom stereocenters. The monoisotopic (exact) mass is 503 g/mol. The predicted octanol–water partition coefficient (Wildman–Crippen LogP) is 4.26. The molecule has 9 nitrogen and oxygen atoms in total. The first kappa shape index (κ1) is 23.9. The van der Waals surface area contributed by atoms with Crippen LogP contribution in [-0.2, 0) is 7.05 Å². The summed E-state index contributed by atoms with van der Waals surface area (Å²) in [7, 11) is 1.85. The van der Waals surface area contributed by atoms with E-state index in [2.05, 4.69) is 20.5 Å². The molecule has 1 N–H and O–H groups in total. The molecule has 36 heavy (non-hydrogen) atoms. The van der Waals surface area contributed by atoms with E-state index in [0.29, 0.717) is 24.3 Å². The maximum absolute atomic E-state index is 13.2. The molecule has 1 aromatic carbocycles. The molecular formula is C26H29N7O2S. The Balaban J connectivity index is 1.21. The van der Waals surface area contributed by atoms with Crippen LogP contribution in [0.25, 0.3) is 5.69 Å². The van der Waals surface area contributed by atoms with E-state index >= 15 is 0 Å². The summed E-state index contributed by atoms with van der Waals surface area (Å²) < 4.78 is 3.55. The zero-order valence-corrected chi connectivity index (χ0v) is 21.7. The Labute approximate surface area is 213 Å². The summed E-state index contributed by atoms with van der Waals surface area (Å²) in [6, 6.07) is 9.82. The average Bonchev–Trinajstić information content (AvgIpc) is 3.59. The second-order valence-corrected chi connectivity index (χ2v) is 10.0. The highest BCUT2D eigenvalue weighted by Crippen LogP contribution is 2.31. The molecule has 0 bridgehead atoms. The first-order chi connectivity index (χ1) is 17.3. The van der Waals surface area contributed by atoms with Gasteiger partial charge >= 0.3 is 0 Å². The first-order valence-corrected chi connectivity index (χ1v) is 12.9. The molecule has 0 spiro atoms. The van der Waals surface area contributed by atoms with Crippen LogP contribution in [0.4, 0.5) is 5.69 Å². The Morgan fingerprint density at radius 1 is 1.06 bits per heavy atom. The van der Waals surface area contributed by atoms with E-state index in [1.165, 1.54) is 11.3 Å². The van der Waals surface area contributed by atoms with E-state index < -0.39 is 0 Å². The highest BCUT2D eigenvalue weighted by molar-refractivity contribution is 7.10. The van der Waals surface area contributed by atoms with Crippen LogP contribution in [0, 0.1) is 20.8 Å². The number of carbonyl (C=O) groups excluding carboxylic acids is 2. The van der Waals surface area contributed by atoms with Crippen LogP contribution in [0.3, 0.4) is 0 Å². The lowest BCUT2D eigenvalue weighted by molar-refractivity contribution is 0.0712. The summed E-state index contributed by atoms with van der Waals surface area (Å²) in [5.41, 5.74) is 5.23. The minimum atomic E-state index is -0.227. The Hall–Kier alpha value is -3.79. The van der Waals surface area contributed by atoms with E-state index in [1.54, 1.807) is 15.6 Å². The van der Waals surface area contributed by atoms with Gasteiger partial charge in [0.2, 0.25) is 0 Å². The van der Waals surface area contributed by atoms with Gasteiger partial charge in [-0.15, -0.1) is 11.3 Å². The number of thiazole rings is 1. The summed E-state index contributed by atoms with van der Waals surface area (Å²) in [6.45, 7) is 7.02. The molecule has 2 amide bonds. The number of carbonyl (C=O) groups is 2. The van der Waals surface area contributed by atoms with Crippen molar-refractivity contribution in [3.8, 4) is 5.69 Å². The molecule has 1 fully saturated rings. The lowest BCUT2D eigenvalue weighted by Gasteiger charge is -2.31. The molecule has 0 radical (unpaired) electrons. The number of rotatable bonds is 5. The quantitative estimate of drug-likeness (QED) is 0.439. The van der Waals surface area contributed by atoms with Crippen molar-refractivity contribution in [2.45, 2.75) is 39.5 Å². The minimum Gasteiger partial charge on any atom is -0.338 e. The highest BCUT2D eigenvalue weighted by Gasteiger charge is 2.29. The minimum absolute atomic E-state index is 0.00884. The van der Waals surface area contributed by atoms with Gasteiger partial charge in [-0.2, -0.15) is 10.2 Å². The second-order valence-electron chi connectivity index (χ2n) is 9.15. The fraction of sp³-hybridized carbons (Fsp3) is 0.346. The van der Waals surface area contributed by atoms with Gasteiger partial charge in [-0.25, -0.2) is 9.67 Å². The van der Waals surface area contributed by atoms with Gasteiger partial charge < -0.3 is 10.2 Å². The number of aryl methyl sites for hydroxylation is 2. The fourth-order valence-corrected chi connectivity index (χ4v) is 5.63. The molecule has 1 aliphatic rings. The van der Waals surface area contributed by atoms with Crippen molar-refractivity contribution < 1.29 is 9.59 Å². The van der Waals surface area contributed by atoms with Gasteiger partial charge in [0.25, 0.3) is 11.8 Å². The summed E-state index contributed by atoms with van der Waals surface area (Å²) in [4.78, 5) is 32.6. The maximum Gasteiger partial charge on any atom is 0.275 e. The third kappa shape index (κ3) is 4.44. The molecule has 1 saturated heterocycles. The number of hydrogen-bond acceptors (Lipinski definition) is 6. The Kier molecular flexibility index (Phi) is 6.44. The number of likely N-dealkylation sites (tertiary alicyclic amines) is 1. The molecule has 0 unspecified atom stereocenters. The van der Waals surface area contributed by atoms with Gasteiger partial charge in [-0.3, -0.25) is 14.3 Å². The van der Waals surface area contributed by atoms with E-state index in [0.717, 1.165) is 46.3 Å². The zero-order valence-electron chi connectivity index (χ0n) is 20.9. The molecule has 1 aliphatic heterocycles. The summed E-state index contributed by atoms with van der Waals surface area (Å²) >= 11 is 1.51. The summed E-state index contributed by atoms with van der Waals surface area (Å²) in [5, 5.41) is 14.5. The number of para-hydroxylation sites is 1. The molecule has 3 aromatic heterocycles. The molecule has 0 aliphatic carbocycles. The molecule has 10 heteroatoms. The average molecular weight is 504 g/mol. The first-order valence-electron chi connectivity index (χ1n) is 12.0. The highest BCUT2D eigenvalue weighted by atomic mass is 32.1. The van der Waals surface area contributed by atoms with Gasteiger partial charge in [0.05, 0.1) is 45.2 Å². The third-order valence-corrected chi connectivity index (χ3v) is 7.88. The molecule has 186 valence electrons. The number of hydrogen-bond donors (Lipinski definition) is 1. The number of piperidine rings is 1. The normalized spacial score (nSPS) is 14.3. The van der Waals surface area contributed by atoms with Gasteiger partial charge in [0.15, 0.2) is 0 Å². The van der Waals surface area contributed by atoms with E-state index in [-0.39, 0.29) is 17.7 Å². The SMILES string of the molecule is Cc1nn(C)c(C)c1NC(=O)c1csc(C2CCN(C(=O)c3cnn(-c4ccccc4)c3C)CC2)n1. The number of benzene rings is 1. The van der Waals surface area contributed by atoms with Crippen LogP contribution < -0.4 is 5.32 Å². The summed E-state index contributed by atoms with van der Waals surface area (Å²) in [6.07, 6.45) is 3.29. The maximum atomic E-state index is 13.2. The molecular weight excluding hydrogens is 474 g/mol. The Bertz CT molecular complexity index is 1410. The molecule has 4 aromatic rings. The van der Waals surface area contributed by atoms with Gasteiger partial charge in [0, 0.05) is 31.4 Å². The van der Waals surface area contributed by atoms with Crippen LogP contribution in [0.1, 0.15) is 61.7 Å². The smallest absolute Gasteiger partial charge is 0.275 e. The van der Waals surface area contributed by atoms with E-state index in [1.807, 2.05) is 68.4 Å². The van der Waals surface area contributed by atoms with Crippen molar-refractivity contribution in [2.24, 2.45) is 7.05 Å². The van der Waals surface area contributed by atoms with Crippen LogP contribution in [0.15, 0.2) is 41.9 Å². The number of aromatic nitrogens is 5. The second kappa shape index (κ2) is 9.69. The van der Waals surface area contributed by atoms with Crippen LogP contribution >= 0.6 is 11.3 Å². The predicted molar refractivity (Wildman–Crippen MR) is 139 cm³/mol. The lowest BCUT2D eigenvalue weighted by atomic mass is 9.97. The molecule has 0 saturated carbocycles. The summed E-state index contributed by atoms with van der Waals surface area (Å²) in [5.74, 6) is 0.0142. The molecule has 5 rings (SSSR count). The number of anilines is 1. The van der Waals surface area contributed by atoms with Crippen molar-refractivity contribution in [1.29, 1.82) is 0 Å². The van der Waals surface area contributed by atoms with Crippen molar-refractivity contribution >= 4 is 28.8 Å². The Morgan fingerprint density at radius 2 is 1.78 bits per heavy atom. The van der Waals surface area contributed by atoms with Crippen molar-refractivity contribution in [3.63, 3.8) is 0 Å². The number of amides is 2. The third-order valence-electron chi connectivity index (χ3n) is 6.87. The largest absolute Gasteiger partial charge is 0.338 e.